The minimum Gasteiger partial charge on any atom is -0.492 e. The molecule has 4 nitrogen and oxygen atoms in total. The number of nitrogens with zero attached hydrogens (tertiary/aromatic N) is 1. The van der Waals surface area contributed by atoms with Crippen LogP contribution in [-0.4, -0.2) is 24.0 Å². The van der Waals surface area contributed by atoms with Crippen LogP contribution < -0.4 is 10.1 Å². The normalized spacial score (nSPS) is 10.6. The molecule has 0 atom stereocenters. The number of nitrogens with one attached hydrogen (secondary N) is 1. The van der Waals surface area contributed by atoms with Crippen LogP contribution >= 0.6 is 27.3 Å². The quantitative estimate of drug-likeness (QED) is 0.586. The lowest BCUT2D eigenvalue weighted by Crippen LogP contribution is -2.24. The van der Waals surface area contributed by atoms with Crippen LogP contribution in [-0.2, 0) is 11.2 Å². The molecule has 2 aromatic rings. The Morgan fingerprint density at radius 1 is 1.29 bits per heavy atom. The first kappa shape index (κ1) is 18.9. The molecule has 0 aliphatic rings. The lowest BCUT2D eigenvalue weighted by Gasteiger charge is -2.08. The SMILES string of the molecule is Cc1csc(CCCCNC(=O)CCCOc2ccccc2Br)n1. The van der Waals surface area contributed by atoms with Crippen molar-refractivity contribution in [3.8, 4) is 5.75 Å². The van der Waals surface area contributed by atoms with Gasteiger partial charge in [-0.3, -0.25) is 4.79 Å². The molecule has 0 saturated heterocycles. The molecule has 130 valence electrons. The molecule has 1 amide bonds. The largest absolute Gasteiger partial charge is 0.492 e. The second kappa shape index (κ2) is 10.5. The lowest BCUT2D eigenvalue weighted by atomic mass is 10.2. The Bertz CT molecular complexity index is 645. The monoisotopic (exact) mass is 410 g/mol. The van der Waals surface area contributed by atoms with Crippen molar-refractivity contribution in [2.24, 2.45) is 0 Å². The molecule has 0 fully saturated rings. The molecule has 24 heavy (non-hydrogen) atoms. The number of thiazole rings is 1. The summed E-state index contributed by atoms with van der Waals surface area (Å²) in [5.41, 5.74) is 1.09. The standard InChI is InChI=1S/C18H23BrN2O2S/c1-14-13-24-18(21-14)10-4-5-11-20-17(22)9-6-12-23-16-8-3-2-7-15(16)19/h2-3,7-8,13H,4-6,9-12H2,1H3,(H,20,22). The van der Waals surface area contributed by atoms with E-state index in [1.54, 1.807) is 11.3 Å². The van der Waals surface area contributed by atoms with E-state index in [1.165, 1.54) is 5.01 Å². The van der Waals surface area contributed by atoms with Gasteiger partial charge in [0.25, 0.3) is 0 Å². The number of hydrogen-bond donors (Lipinski definition) is 1. The maximum atomic E-state index is 11.8. The van der Waals surface area contributed by atoms with E-state index in [4.69, 9.17) is 4.74 Å². The van der Waals surface area contributed by atoms with E-state index in [0.717, 1.165) is 41.7 Å². The molecule has 0 spiro atoms. The Kier molecular flexibility index (Phi) is 8.25. The Balaban J connectivity index is 1.48. The Morgan fingerprint density at radius 2 is 2.12 bits per heavy atom. The first-order valence-electron chi connectivity index (χ1n) is 8.20. The van der Waals surface area contributed by atoms with Gasteiger partial charge < -0.3 is 10.1 Å². The summed E-state index contributed by atoms with van der Waals surface area (Å²) in [5, 5.41) is 6.22. The zero-order valence-corrected chi connectivity index (χ0v) is 16.3. The number of carbonyl (C=O) groups is 1. The van der Waals surface area contributed by atoms with Crippen LogP contribution in [0.15, 0.2) is 34.1 Å². The third-order valence-corrected chi connectivity index (χ3v) is 5.13. The molecule has 1 N–H and O–H groups in total. The number of hydrogen-bond acceptors (Lipinski definition) is 4. The molecular formula is C18H23BrN2O2S. The molecule has 6 heteroatoms. The zero-order chi connectivity index (χ0) is 17.2. The summed E-state index contributed by atoms with van der Waals surface area (Å²) in [6.45, 7) is 3.29. The summed E-state index contributed by atoms with van der Waals surface area (Å²) in [5.74, 6) is 0.908. The van der Waals surface area contributed by atoms with Gasteiger partial charge in [0.1, 0.15) is 5.75 Å². The molecule has 1 heterocycles. The van der Waals surface area contributed by atoms with Crippen molar-refractivity contribution in [3.05, 3.63) is 44.8 Å². The van der Waals surface area contributed by atoms with Crippen molar-refractivity contribution in [3.63, 3.8) is 0 Å². The van der Waals surface area contributed by atoms with Crippen molar-refractivity contribution in [1.82, 2.24) is 10.3 Å². The predicted molar refractivity (Wildman–Crippen MR) is 102 cm³/mol. The maximum absolute atomic E-state index is 11.8. The van der Waals surface area contributed by atoms with E-state index in [9.17, 15) is 4.79 Å². The summed E-state index contributed by atoms with van der Waals surface area (Å²) in [4.78, 5) is 16.2. The molecular weight excluding hydrogens is 388 g/mol. The molecule has 2 rings (SSSR count). The van der Waals surface area contributed by atoms with Crippen LogP contribution in [0.25, 0.3) is 0 Å². The van der Waals surface area contributed by atoms with Gasteiger partial charge in [0, 0.05) is 24.0 Å². The minimum atomic E-state index is 0.0934. The maximum Gasteiger partial charge on any atom is 0.220 e. The number of aromatic nitrogens is 1. The fourth-order valence-electron chi connectivity index (χ4n) is 2.21. The highest BCUT2D eigenvalue weighted by Gasteiger charge is 2.03. The van der Waals surface area contributed by atoms with Crippen molar-refractivity contribution in [1.29, 1.82) is 0 Å². The highest BCUT2D eigenvalue weighted by Crippen LogP contribution is 2.23. The van der Waals surface area contributed by atoms with Gasteiger partial charge in [-0.1, -0.05) is 12.1 Å². The number of rotatable bonds is 10. The van der Waals surface area contributed by atoms with Gasteiger partial charge in [-0.05, 0) is 60.7 Å². The lowest BCUT2D eigenvalue weighted by molar-refractivity contribution is -0.121. The first-order valence-corrected chi connectivity index (χ1v) is 9.87. The van der Waals surface area contributed by atoms with Crippen LogP contribution in [0.4, 0.5) is 0 Å². The van der Waals surface area contributed by atoms with Gasteiger partial charge in [-0.2, -0.15) is 0 Å². The molecule has 1 aromatic carbocycles. The molecule has 1 aromatic heterocycles. The summed E-state index contributed by atoms with van der Waals surface area (Å²) in [6, 6.07) is 7.73. The second-order valence-corrected chi connectivity index (χ2v) is 7.37. The molecule has 0 saturated carbocycles. The number of para-hydroxylation sites is 1. The molecule has 0 unspecified atom stereocenters. The van der Waals surface area contributed by atoms with Crippen LogP contribution in [0.3, 0.4) is 0 Å². The van der Waals surface area contributed by atoms with Gasteiger partial charge in [0.2, 0.25) is 5.91 Å². The van der Waals surface area contributed by atoms with Crippen molar-refractivity contribution in [2.45, 2.75) is 39.0 Å². The second-order valence-electron chi connectivity index (χ2n) is 5.57. The summed E-state index contributed by atoms with van der Waals surface area (Å²) in [7, 11) is 0. The zero-order valence-electron chi connectivity index (χ0n) is 13.9. The summed E-state index contributed by atoms with van der Waals surface area (Å²) >= 11 is 5.15. The highest BCUT2D eigenvalue weighted by atomic mass is 79.9. The Labute approximate surface area is 155 Å². The van der Waals surface area contributed by atoms with Gasteiger partial charge in [-0.25, -0.2) is 4.98 Å². The van der Waals surface area contributed by atoms with E-state index in [0.29, 0.717) is 19.4 Å². The number of aryl methyl sites for hydroxylation is 2. The number of benzene rings is 1. The molecule has 0 aliphatic heterocycles. The Morgan fingerprint density at radius 3 is 2.88 bits per heavy atom. The number of halogens is 1. The van der Waals surface area contributed by atoms with E-state index < -0.39 is 0 Å². The van der Waals surface area contributed by atoms with Crippen molar-refractivity contribution < 1.29 is 9.53 Å². The number of unbranched alkanes of at least 4 members (excludes halogenated alkanes) is 1. The number of ether oxygens (including phenoxy) is 1. The minimum absolute atomic E-state index is 0.0934. The summed E-state index contributed by atoms with van der Waals surface area (Å²) < 4.78 is 6.58. The van der Waals surface area contributed by atoms with Gasteiger partial charge in [-0.15, -0.1) is 11.3 Å². The topological polar surface area (TPSA) is 51.2 Å². The number of carbonyl (C=O) groups excluding carboxylic acids is 1. The van der Waals surface area contributed by atoms with Crippen molar-refractivity contribution >= 4 is 33.2 Å². The molecule has 0 aliphatic carbocycles. The first-order chi connectivity index (χ1) is 11.6. The Hall–Kier alpha value is -1.40. The predicted octanol–water partition coefficient (Wildman–Crippen LogP) is 4.51. The third kappa shape index (κ3) is 7.01. The van der Waals surface area contributed by atoms with Gasteiger partial charge in [0.15, 0.2) is 0 Å². The van der Waals surface area contributed by atoms with E-state index in [-0.39, 0.29) is 5.91 Å². The van der Waals surface area contributed by atoms with Crippen LogP contribution in [0, 0.1) is 6.92 Å². The average Bonchev–Trinajstić information content (AvgIpc) is 2.98. The smallest absolute Gasteiger partial charge is 0.220 e. The van der Waals surface area contributed by atoms with Crippen LogP contribution in [0.2, 0.25) is 0 Å². The van der Waals surface area contributed by atoms with Crippen molar-refractivity contribution in [2.75, 3.05) is 13.2 Å². The average molecular weight is 411 g/mol. The van der Waals surface area contributed by atoms with Crippen LogP contribution in [0.1, 0.15) is 36.4 Å². The highest BCUT2D eigenvalue weighted by molar-refractivity contribution is 9.10. The molecule has 0 radical (unpaired) electrons. The molecule has 0 bridgehead atoms. The van der Waals surface area contributed by atoms with Crippen LogP contribution in [0.5, 0.6) is 5.75 Å². The third-order valence-electron chi connectivity index (χ3n) is 3.45. The fourth-order valence-corrected chi connectivity index (χ4v) is 3.43. The van der Waals surface area contributed by atoms with E-state index >= 15 is 0 Å². The van der Waals surface area contributed by atoms with Gasteiger partial charge in [0.05, 0.1) is 16.1 Å². The summed E-state index contributed by atoms with van der Waals surface area (Å²) in [6.07, 6.45) is 4.24. The fraction of sp³-hybridized carbons (Fsp3) is 0.444. The van der Waals surface area contributed by atoms with E-state index in [2.05, 4.69) is 31.6 Å². The van der Waals surface area contributed by atoms with E-state index in [1.807, 2.05) is 31.2 Å². The van der Waals surface area contributed by atoms with Gasteiger partial charge >= 0.3 is 0 Å². The number of amides is 1.